The summed E-state index contributed by atoms with van der Waals surface area (Å²) in [6, 6.07) is 4.02. The molecule has 0 saturated heterocycles. The molecule has 1 aromatic rings. The maximum atomic E-state index is 11.1. The number of likely N-dealkylation sites (N-methyl/N-ethyl adjacent to an activating group) is 1. The first kappa shape index (κ1) is 16.4. The van der Waals surface area contributed by atoms with Gasteiger partial charge in [0.2, 0.25) is 5.91 Å². The zero-order valence-corrected chi connectivity index (χ0v) is 12.6. The molecule has 0 aromatic heterocycles. The fourth-order valence-electron chi connectivity index (χ4n) is 1.63. The van der Waals surface area contributed by atoms with E-state index >= 15 is 0 Å². The molecule has 0 heterocycles. The highest BCUT2D eigenvalue weighted by molar-refractivity contribution is 9.10. The Bertz CT molecular complexity index is 496. The quantitative estimate of drug-likeness (QED) is 0.549. The van der Waals surface area contributed by atoms with E-state index in [0.29, 0.717) is 17.4 Å². The lowest BCUT2D eigenvalue weighted by Gasteiger charge is -2.14. The molecule has 0 fully saturated rings. The Morgan fingerprint density at radius 2 is 2.30 bits per heavy atom. The van der Waals surface area contributed by atoms with E-state index in [4.69, 9.17) is 10.5 Å². The van der Waals surface area contributed by atoms with Crippen molar-refractivity contribution in [3.63, 3.8) is 0 Å². The van der Waals surface area contributed by atoms with Gasteiger partial charge >= 0.3 is 5.69 Å². The molecule has 1 unspecified atom stereocenters. The van der Waals surface area contributed by atoms with Crippen LogP contribution in [0.3, 0.4) is 0 Å². The predicted molar refractivity (Wildman–Crippen MR) is 77.6 cm³/mol. The largest absolute Gasteiger partial charge is 0.487 e. The third kappa shape index (κ3) is 4.78. The Balaban J connectivity index is 2.66. The Kier molecular flexibility index (Phi) is 6.40. The predicted octanol–water partition coefficient (Wildman–Crippen LogP) is 1.59. The van der Waals surface area contributed by atoms with Gasteiger partial charge in [0.1, 0.15) is 0 Å². The molecular formula is C12H16BrN3O4. The molecule has 0 radical (unpaired) electrons. The highest BCUT2D eigenvalue weighted by Crippen LogP contribution is 2.30. The van der Waals surface area contributed by atoms with Crippen molar-refractivity contribution in [2.24, 2.45) is 5.73 Å². The van der Waals surface area contributed by atoms with Gasteiger partial charge in [-0.2, -0.15) is 0 Å². The third-order valence-corrected chi connectivity index (χ3v) is 3.07. The minimum atomic E-state index is -0.518. The highest BCUT2D eigenvalue weighted by Gasteiger charge is 2.17. The number of benzene rings is 1. The Labute approximate surface area is 124 Å². The monoisotopic (exact) mass is 345 g/mol. The van der Waals surface area contributed by atoms with E-state index in [1.807, 2.05) is 6.92 Å². The van der Waals surface area contributed by atoms with E-state index < -0.39 is 16.9 Å². The molecule has 1 atom stereocenters. The molecule has 1 amide bonds. The van der Waals surface area contributed by atoms with Crippen LogP contribution in [0.25, 0.3) is 0 Å². The number of nitrogens with zero attached hydrogens (tertiary/aromatic N) is 1. The van der Waals surface area contributed by atoms with Crippen LogP contribution in [-0.2, 0) is 4.79 Å². The molecule has 20 heavy (non-hydrogen) atoms. The summed E-state index contributed by atoms with van der Waals surface area (Å²) in [4.78, 5) is 21.5. The van der Waals surface area contributed by atoms with Crippen LogP contribution in [0, 0.1) is 10.1 Å². The molecule has 0 saturated carbocycles. The van der Waals surface area contributed by atoms with Crippen molar-refractivity contribution in [1.29, 1.82) is 0 Å². The van der Waals surface area contributed by atoms with E-state index in [-0.39, 0.29) is 18.0 Å². The van der Waals surface area contributed by atoms with E-state index in [1.165, 1.54) is 12.1 Å². The zero-order chi connectivity index (χ0) is 15.1. The molecule has 1 aromatic carbocycles. The van der Waals surface area contributed by atoms with Crippen molar-refractivity contribution in [2.75, 3.05) is 13.2 Å². The minimum absolute atomic E-state index is 0.126. The van der Waals surface area contributed by atoms with Crippen LogP contribution in [0.4, 0.5) is 5.69 Å². The number of carbonyl (C=O) groups excluding carboxylic acids is 1. The second-order valence-corrected chi connectivity index (χ2v) is 4.93. The standard InChI is InChI=1S/C12H16BrN3O4/c1-2-15-9(12(14)17)5-6-20-11-4-3-8(13)7-10(11)16(18)19/h3-4,7,9,15H,2,5-6H2,1H3,(H2,14,17). The van der Waals surface area contributed by atoms with Crippen molar-refractivity contribution >= 4 is 27.5 Å². The minimum Gasteiger partial charge on any atom is -0.487 e. The van der Waals surface area contributed by atoms with E-state index in [1.54, 1.807) is 6.07 Å². The van der Waals surface area contributed by atoms with Crippen LogP contribution in [-0.4, -0.2) is 30.0 Å². The van der Waals surface area contributed by atoms with Crippen molar-refractivity contribution in [2.45, 2.75) is 19.4 Å². The Hall–Kier alpha value is -1.67. The first-order chi connectivity index (χ1) is 9.45. The molecule has 7 nitrogen and oxygen atoms in total. The topological polar surface area (TPSA) is 107 Å². The number of hydrogen-bond donors (Lipinski definition) is 2. The second kappa shape index (κ2) is 7.81. The molecule has 0 aliphatic heterocycles. The summed E-state index contributed by atoms with van der Waals surface area (Å²) in [6.07, 6.45) is 0.344. The van der Waals surface area contributed by atoms with Crippen LogP contribution in [0.2, 0.25) is 0 Å². The van der Waals surface area contributed by atoms with Crippen LogP contribution in [0.15, 0.2) is 22.7 Å². The van der Waals surface area contributed by atoms with E-state index in [9.17, 15) is 14.9 Å². The first-order valence-electron chi connectivity index (χ1n) is 6.05. The van der Waals surface area contributed by atoms with Crippen LogP contribution >= 0.6 is 15.9 Å². The maximum Gasteiger partial charge on any atom is 0.312 e. The molecule has 1 rings (SSSR count). The number of rotatable bonds is 8. The van der Waals surface area contributed by atoms with Crippen molar-refractivity contribution in [3.8, 4) is 5.75 Å². The molecule has 110 valence electrons. The molecule has 0 bridgehead atoms. The van der Waals surface area contributed by atoms with Crippen molar-refractivity contribution in [1.82, 2.24) is 5.32 Å². The van der Waals surface area contributed by atoms with Gasteiger partial charge in [-0.3, -0.25) is 14.9 Å². The van der Waals surface area contributed by atoms with Gasteiger partial charge in [-0.05, 0) is 18.7 Å². The van der Waals surface area contributed by atoms with Crippen LogP contribution < -0.4 is 15.8 Å². The van der Waals surface area contributed by atoms with E-state index in [0.717, 1.165) is 0 Å². The summed E-state index contributed by atoms with van der Waals surface area (Å²) in [5.74, 6) is -0.307. The fraction of sp³-hybridized carbons (Fsp3) is 0.417. The molecule has 8 heteroatoms. The number of nitrogens with two attached hydrogens (primary N) is 1. The second-order valence-electron chi connectivity index (χ2n) is 4.02. The number of nitro benzene ring substituents is 1. The lowest BCUT2D eigenvalue weighted by molar-refractivity contribution is -0.385. The summed E-state index contributed by atoms with van der Waals surface area (Å²) >= 11 is 3.16. The summed E-state index contributed by atoms with van der Waals surface area (Å²) in [7, 11) is 0. The molecule has 0 spiro atoms. The zero-order valence-electron chi connectivity index (χ0n) is 11.0. The van der Waals surface area contributed by atoms with Gasteiger partial charge in [-0.25, -0.2) is 0 Å². The van der Waals surface area contributed by atoms with Gasteiger partial charge in [0.25, 0.3) is 0 Å². The molecule has 3 N–H and O–H groups in total. The number of carbonyl (C=O) groups is 1. The Morgan fingerprint density at radius 1 is 1.60 bits per heavy atom. The number of nitro groups is 1. The molecule has 0 aliphatic rings. The SMILES string of the molecule is CCNC(CCOc1ccc(Br)cc1[N+](=O)[O-])C(N)=O. The number of nitrogens with one attached hydrogen (secondary N) is 1. The number of halogens is 1. The van der Waals surface area contributed by atoms with E-state index in [2.05, 4.69) is 21.2 Å². The number of amides is 1. The number of primary amides is 1. The number of ether oxygens (including phenoxy) is 1. The van der Waals surface area contributed by atoms with Crippen molar-refractivity contribution < 1.29 is 14.5 Å². The van der Waals surface area contributed by atoms with Crippen LogP contribution in [0.1, 0.15) is 13.3 Å². The van der Waals surface area contributed by atoms with Gasteiger partial charge < -0.3 is 15.8 Å². The number of hydrogen-bond acceptors (Lipinski definition) is 5. The average molecular weight is 346 g/mol. The molecule has 0 aliphatic carbocycles. The lowest BCUT2D eigenvalue weighted by atomic mass is 10.2. The fourth-order valence-corrected chi connectivity index (χ4v) is 1.98. The van der Waals surface area contributed by atoms with Gasteiger partial charge in [0.05, 0.1) is 17.6 Å². The Morgan fingerprint density at radius 3 is 2.85 bits per heavy atom. The molecular weight excluding hydrogens is 330 g/mol. The van der Waals surface area contributed by atoms with Crippen LogP contribution in [0.5, 0.6) is 5.75 Å². The lowest BCUT2D eigenvalue weighted by Crippen LogP contribution is -2.42. The first-order valence-corrected chi connectivity index (χ1v) is 6.84. The summed E-state index contributed by atoms with van der Waals surface area (Å²) in [6.45, 7) is 2.62. The third-order valence-electron chi connectivity index (χ3n) is 2.58. The summed E-state index contributed by atoms with van der Waals surface area (Å²) in [5, 5.41) is 13.8. The summed E-state index contributed by atoms with van der Waals surface area (Å²) in [5.41, 5.74) is 5.10. The highest BCUT2D eigenvalue weighted by atomic mass is 79.9. The smallest absolute Gasteiger partial charge is 0.312 e. The average Bonchev–Trinajstić information content (AvgIpc) is 2.38. The van der Waals surface area contributed by atoms with Gasteiger partial charge in [-0.1, -0.05) is 22.9 Å². The summed E-state index contributed by atoms with van der Waals surface area (Å²) < 4.78 is 5.97. The van der Waals surface area contributed by atoms with Crippen molar-refractivity contribution in [3.05, 3.63) is 32.8 Å². The van der Waals surface area contributed by atoms with Gasteiger partial charge in [0.15, 0.2) is 5.75 Å². The van der Waals surface area contributed by atoms with Gasteiger partial charge in [0, 0.05) is 17.0 Å². The van der Waals surface area contributed by atoms with Gasteiger partial charge in [-0.15, -0.1) is 0 Å². The maximum absolute atomic E-state index is 11.1. The normalized spacial score (nSPS) is 11.9.